The predicted molar refractivity (Wildman–Crippen MR) is 58.1 cm³/mol. The molecular formula is C12H10N4. The van der Waals surface area contributed by atoms with Gasteiger partial charge in [0.1, 0.15) is 23.9 Å². The number of aromatic nitrogens is 3. The van der Waals surface area contributed by atoms with Crippen molar-refractivity contribution in [2.24, 2.45) is 0 Å². The first-order chi connectivity index (χ1) is 7.88. The topological polar surface area (TPSA) is 54.5 Å². The van der Waals surface area contributed by atoms with Gasteiger partial charge in [0.2, 0.25) is 0 Å². The van der Waals surface area contributed by atoms with Crippen molar-refractivity contribution in [1.82, 2.24) is 14.5 Å². The van der Waals surface area contributed by atoms with Gasteiger partial charge in [-0.05, 0) is 36.5 Å². The zero-order valence-corrected chi connectivity index (χ0v) is 8.72. The molecule has 0 spiro atoms. The molecule has 2 heterocycles. The molecule has 0 atom stereocenters. The number of nitrogens with zero attached hydrogens (tertiary/aromatic N) is 4. The van der Waals surface area contributed by atoms with Crippen LogP contribution in [0.15, 0.2) is 24.8 Å². The Morgan fingerprint density at radius 2 is 2.31 bits per heavy atom. The Labute approximate surface area is 93.2 Å². The number of hydrogen-bond donors (Lipinski definition) is 0. The summed E-state index contributed by atoms with van der Waals surface area (Å²) in [6.07, 6.45) is 8.40. The monoisotopic (exact) mass is 210 g/mol. The zero-order chi connectivity index (χ0) is 11.0. The number of rotatable bonds is 1. The summed E-state index contributed by atoms with van der Waals surface area (Å²) < 4.78 is 1.83. The predicted octanol–water partition coefficient (Wildman–Crippen LogP) is 1.63. The van der Waals surface area contributed by atoms with Crippen molar-refractivity contribution >= 4 is 0 Å². The summed E-state index contributed by atoms with van der Waals surface area (Å²) in [7, 11) is 0. The van der Waals surface area contributed by atoms with Gasteiger partial charge in [0.05, 0.1) is 0 Å². The second kappa shape index (κ2) is 3.46. The molecule has 0 saturated heterocycles. The third kappa shape index (κ3) is 1.29. The van der Waals surface area contributed by atoms with Gasteiger partial charge in [-0.25, -0.2) is 9.97 Å². The van der Waals surface area contributed by atoms with Gasteiger partial charge < -0.3 is 0 Å². The van der Waals surface area contributed by atoms with E-state index < -0.39 is 0 Å². The summed E-state index contributed by atoms with van der Waals surface area (Å²) in [5, 5.41) is 9.09. The molecule has 0 amide bonds. The molecule has 2 aromatic rings. The molecule has 2 aromatic heterocycles. The minimum atomic E-state index is 0.568. The van der Waals surface area contributed by atoms with Crippen molar-refractivity contribution in [3.05, 3.63) is 41.6 Å². The van der Waals surface area contributed by atoms with Crippen molar-refractivity contribution in [2.45, 2.75) is 19.3 Å². The second-order valence-corrected chi connectivity index (χ2v) is 3.90. The Morgan fingerprint density at radius 1 is 1.38 bits per heavy atom. The molecule has 0 unspecified atom stereocenters. The fraction of sp³-hybridized carbons (Fsp3) is 0.250. The third-order valence-corrected chi connectivity index (χ3v) is 2.95. The molecule has 0 N–H and O–H groups in total. The lowest BCUT2D eigenvalue weighted by Crippen LogP contribution is -2.01. The van der Waals surface area contributed by atoms with E-state index in [4.69, 9.17) is 5.26 Å². The second-order valence-electron chi connectivity index (χ2n) is 3.90. The summed E-state index contributed by atoms with van der Waals surface area (Å²) >= 11 is 0. The maximum absolute atomic E-state index is 9.09. The number of aryl methyl sites for hydroxylation is 1. The quantitative estimate of drug-likeness (QED) is 0.718. The van der Waals surface area contributed by atoms with Gasteiger partial charge in [-0.3, -0.25) is 4.57 Å². The Kier molecular flexibility index (Phi) is 1.97. The number of nitriles is 1. The SMILES string of the molecule is N#Cc1nc(-n2ccnc2)cc2c1CCC2. The molecule has 0 aromatic carbocycles. The smallest absolute Gasteiger partial charge is 0.146 e. The van der Waals surface area contributed by atoms with Crippen molar-refractivity contribution in [2.75, 3.05) is 0 Å². The molecule has 16 heavy (non-hydrogen) atoms. The average molecular weight is 210 g/mol. The standard InChI is InChI=1S/C12H10N4/c13-7-11-10-3-1-2-9(10)6-12(15-11)16-5-4-14-8-16/h4-6,8H,1-3H2. The fourth-order valence-corrected chi connectivity index (χ4v) is 2.19. The molecule has 4 nitrogen and oxygen atoms in total. The van der Waals surface area contributed by atoms with Crippen LogP contribution in [0, 0.1) is 11.3 Å². The highest BCUT2D eigenvalue weighted by atomic mass is 15.1. The van der Waals surface area contributed by atoms with Crippen LogP contribution in [-0.4, -0.2) is 14.5 Å². The molecule has 4 heteroatoms. The largest absolute Gasteiger partial charge is 0.290 e. The lowest BCUT2D eigenvalue weighted by Gasteiger charge is -2.06. The van der Waals surface area contributed by atoms with Crippen LogP contribution in [0.25, 0.3) is 5.82 Å². The minimum Gasteiger partial charge on any atom is -0.290 e. The Balaban J connectivity index is 2.19. The number of pyridine rings is 1. The van der Waals surface area contributed by atoms with Crippen LogP contribution in [0.5, 0.6) is 0 Å². The molecule has 78 valence electrons. The molecule has 1 aliphatic carbocycles. The van der Waals surface area contributed by atoms with Crippen LogP contribution < -0.4 is 0 Å². The first-order valence-electron chi connectivity index (χ1n) is 5.30. The van der Waals surface area contributed by atoms with E-state index in [0.29, 0.717) is 5.69 Å². The van der Waals surface area contributed by atoms with Crippen LogP contribution in [0.1, 0.15) is 23.2 Å². The average Bonchev–Trinajstić information content (AvgIpc) is 2.97. The van der Waals surface area contributed by atoms with Crippen molar-refractivity contribution in [1.29, 1.82) is 5.26 Å². The highest BCUT2D eigenvalue weighted by Crippen LogP contribution is 2.25. The van der Waals surface area contributed by atoms with Gasteiger partial charge in [-0.2, -0.15) is 5.26 Å². The van der Waals surface area contributed by atoms with Crippen molar-refractivity contribution in [3.8, 4) is 11.9 Å². The molecular weight excluding hydrogens is 200 g/mol. The lowest BCUT2D eigenvalue weighted by atomic mass is 10.1. The maximum atomic E-state index is 9.09. The van der Waals surface area contributed by atoms with Gasteiger partial charge in [0, 0.05) is 12.4 Å². The van der Waals surface area contributed by atoms with Crippen LogP contribution in [-0.2, 0) is 12.8 Å². The summed E-state index contributed by atoms with van der Waals surface area (Å²) in [4.78, 5) is 8.35. The molecule has 1 aliphatic rings. The van der Waals surface area contributed by atoms with Crippen molar-refractivity contribution in [3.63, 3.8) is 0 Å². The summed E-state index contributed by atoms with van der Waals surface area (Å²) in [5.74, 6) is 0.787. The van der Waals surface area contributed by atoms with Crippen LogP contribution in [0.4, 0.5) is 0 Å². The molecule has 0 saturated carbocycles. The molecule has 3 rings (SSSR count). The highest BCUT2D eigenvalue weighted by Gasteiger charge is 2.17. The maximum Gasteiger partial charge on any atom is 0.146 e. The van der Waals surface area contributed by atoms with Gasteiger partial charge in [-0.1, -0.05) is 0 Å². The van der Waals surface area contributed by atoms with Gasteiger partial charge in [-0.15, -0.1) is 0 Å². The molecule has 0 radical (unpaired) electrons. The van der Waals surface area contributed by atoms with Gasteiger partial charge in [0.25, 0.3) is 0 Å². The molecule has 0 aliphatic heterocycles. The van der Waals surface area contributed by atoms with Gasteiger partial charge in [0.15, 0.2) is 0 Å². The number of fused-ring (bicyclic) bond motifs is 1. The minimum absolute atomic E-state index is 0.568. The van der Waals surface area contributed by atoms with Crippen LogP contribution >= 0.6 is 0 Å². The van der Waals surface area contributed by atoms with E-state index in [0.717, 1.165) is 30.6 Å². The summed E-state index contributed by atoms with van der Waals surface area (Å²) in [6, 6.07) is 4.25. The highest BCUT2D eigenvalue weighted by molar-refractivity contribution is 5.45. The van der Waals surface area contributed by atoms with E-state index >= 15 is 0 Å². The van der Waals surface area contributed by atoms with E-state index in [1.165, 1.54) is 5.56 Å². The van der Waals surface area contributed by atoms with E-state index in [2.05, 4.69) is 22.1 Å². The number of hydrogen-bond acceptors (Lipinski definition) is 3. The molecule has 0 fully saturated rings. The first-order valence-corrected chi connectivity index (χ1v) is 5.30. The zero-order valence-electron chi connectivity index (χ0n) is 8.72. The Bertz CT molecular complexity index is 563. The van der Waals surface area contributed by atoms with E-state index in [1.54, 1.807) is 12.5 Å². The summed E-state index contributed by atoms with van der Waals surface area (Å²) in [6.45, 7) is 0. The Hall–Kier alpha value is -2.15. The van der Waals surface area contributed by atoms with Crippen LogP contribution in [0.3, 0.4) is 0 Å². The lowest BCUT2D eigenvalue weighted by molar-refractivity contribution is 0.909. The molecule has 0 bridgehead atoms. The van der Waals surface area contributed by atoms with E-state index in [9.17, 15) is 0 Å². The Morgan fingerprint density at radius 3 is 3.06 bits per heavy atom. The fourth-order valence-electron chi connectivity index (χ4n) is 2.19. The normalized spacial score (nSPS) is 13.4. The first kappa shape index (κ1) is 9.10. The van der Waals surface area contributed by atoms with Crippen LogP contribution in [0.2, 0.25) is 0 Å². The van der Waals surface area contributed by atoms with E-state index in [-0.39, 0.29) is 0 Å². The third-order valence-electron chi connectivity index (χ3n) is 2.95. The van der Waals surface area contributed by atoms with Crippen molar-refractivity contribution < 1.29 is 0 Å². The summed E-state index contributed by atoms with van der Waals surface area (Å²) in [5.41, 5.74) is 2.96. The van der Waals surface area contributed by atoms with E-state index in [1.807, 2.05) is 10.8 Å². The number of imidazole rings is 1. The van der Waals surface area contributed by atoms with Gasteiger partial charge >= 0.3 is 0 Å².